The molecule has 0 fully saturated rings. The Bertz CT molecular complexity index is 1130. The number of anilines is 2. The first kappa shape index (κ1) is 22.8. The minimum atomic E-state index is -0.828. The first-order valence-electron chi connectivity index (χ1n) is 10.0. The second-order valence-corrected chi connectivity index (χ2v) is 6.74. The molecular weight excluding hydrogens is 418 g/mol. The summed E-state index contributed by atoms with van der Waals surface area (Å²) in [6, 6.07) is 9.89. The number of hydrogen-bond acceptors (Lipinski definition) is 6. The van der Waals surface area contributed by atoms with E-state index in [1.165, 1.54) is 13.0 Å². The fraction of sp³-hybridized carbons (Fsp3) is 0.217. The van der Waals surface area contributed by atoms with Crippen LogP contribution in [0.4, 0.5) is 20.3 Å². The zero-order valence-corrected chi connectivity index (χ0v) is 17.8. The van der Waals surface area contributed by atoms with Crippen molar-refractivity contribution in [2.45, 2.75) is 20.8 Å². The molecule has 0 atom stereocenters. The molecule has 9 heteroatoms. The first-order valence-corrected chi connectivity index (χ1v) is 10.0. The van der Waals surface area contributed by atoms with Crippen LogP contribution in [0.3, 0.4) is 0 Å². The van der Waals surface area contributed by atoms with Gasteiger partial charge in [0.2, 0.25) is 0 Å². The van der Waals surface area contributed by atoms with Crippen molar-refractivity contribution in [3.63, 3.8) is 0 Å². The largest absolute Gasteiger partial charge is 0.462 e. The van der Waals surface area contributed by atoms with E-state index in [0.29, 0.717) is 17.8 Å². The Hall–Kier alpha value is -3.88. The van der Waals surface area contributed by atoms with Gasteiger partial charge in [0.1, 0.15) is 23.0 Å². The monoisotopic (exact) mass is 440 g/mol. The normalized spacial score (nSPS) is 10.5. The van der Waals surface area contributed by atoms with Gasteiger partial charge in [-0.2, -0.15) is 0 Å². The molecule has 3 rings (SSSR count). The molecule has 1 aromatic heterocycles. The van der Waals surface area contributed by atoms with Crippen molar-refractivity contribution in [3.8, 4) is 11.4 Å². The van der Waals surface area contributed by atoms with E-state index in [-0.39, 0.29) is 35.4 Å². The van der Waals surface area contributed by atoms with E-state index in [2.05, 4.69) is 20.6 Å². The second-order valence-electron chi connectivity index (χ2n) is 6.74. The van der Waals surface area contributed by atoms with E-state index in [1.807, 2.05) is 6.92 Å². The average molecular weight is 440 g/mol. The van der Waals surface area contributed by atoms with Crippen LogP contribution in [0.15, 0.2) is 42.5 Å². The standard InChI is InChI=1S/C23H22F2N4O3/c1-4-26-22(30)14-9-11-15(12-10-14)28-20-18(23(31)32-5-2)13(3)27-21(29-20)19-16(24)7-6-8-17(19)25/h6-12H,4-5H2,1-3H3,(H,26,30)(H,27,28,29). The van der Waals surface area contributed by atoms with E-state index in [4.69, 9.17) is 4.74 Å². The highest BCUT2D eigenvalue weighted by molar-refractivity contribution is 5.97. The Kier molecular flexibility index (Phi) is 7.09. The van der Waals surface area contributed by atoms with Gasteiger partial charge < -0.3 is 15.4 Å². The predicted molar refractivity (Wildman–Crippen MR) is 116 cm³/mol. The molecular formula is C23H22F2N4O3. The number of benzene rings is 2. The maximum atomic E-state index is 14.3. The van der Waals surface area contributed by atoms with Crippen LogP contribution in [-0.2, 0) is 4.74 Å². The summed E-state index contributed by atoms with van der Waals surface area (Å²) in [7, 11) is 0. The number of nitrogens with one attached hydrogen (secondary N) is 2. The molecule has 7 nitrogen and oxygen atoms in total. The SMILES string of the molecule is CCNC(=O)c1ccc(Nc2nc(-c3c(F)cccc3F)nc(C)c2C(=O)OCC)cc1. The van der Waals surface area contributed by atoms with E-state index >= 15 is 0 Å². The van der Waals surface area contributed by atoms with Gasteiger partial charge >= 0.3 is 5.97 Å². The minimum absolute atomic E-state index is 0.0272. The molecule has 0 unspecified atom stereocenters. The smallest absolute Gasteiger partial charge is 0.343 e. The molecule has 2 N–H and O–H groups in total. The molecule has 0 saturated heterocycles. The molecule has 2 aromatic carbocycles. The molecule has 32 heavy (non-hydrogen) atoms. The summed E-state index contributed by atoms with van der Waals surface area (Å²) in [5.74, 6) is -2.74. The molecule has 0 radical (unpaired) electrons. The fourth-order valence-corrected chi connectivity index (χ4v) is 3.04. The lowest BCUT2D eigenvalue weighted by molar-refractivity contribution is 0.0525. The van der Waals surface area contributed by atoms with Gasteiger partial charge in [-0.25, -0.2) is 23.5 Å². The maximum Gasteiger partial charge on any atom is 0.343 e. The Morgan fingerprint density at radius 2 is 1.66 bits per heavy atom. The third kappa shape index (κ3) is 4.88. The quantitative estimate of drug-likeness (QED) is 0.529. The van der Waals surface area contributed by atoms with Crippen LogP contribution in [0.1, 0.15) is 40.3 Å². The molecule has 0 bridgehead atoms. The summed E-state index contributed by atoms with van der Waals surface area (Å²) < 4.78 is 33.7. The summed E-state index contributed by atoms with van der Waals surface area (Å²) in [4.78, 5) is 32.9. The van der Waals surface area contributed by atoms with Crippen LogP contribution in [0.25, 0.3) is 11.4 Å². The highest BCUT2D eigenvalue weighted by Crippen LogP contribution is 2.29. The number of carbonyl (C=O) groups excluding carboxylic acids is 2. The van der Waals surface area contributed by atoms with Crippen molar-refractivity contribution >= 4 is 23.4 Å². The topological polar surface area (TPSA) is 93.2 Å². The Morgan fingerprint density at radius 3 is 2.25 bits per heavy atom. The van der Waals surface area contributed by atoms with Gasteiger partial charge in [0, 0.05) is 17.8 Å². The fourth-order valence-electron chi connectivity index (χ4n) is 3.04. The first-order chi connectivity index (χ1) is 15.3. The summed E-state index contributed by atoms with van der Waals surface area (Å²) in [5.41, 5.74) is 0.788. The van der Waals surface area contributed by atoms with Crippen molar-refractivity contribution in [2.75, 3.05) is 18.5 Å². The number of hydrogen-bond donors (Lipinski definition) is 2. The van der Waals surface area contributed by atoms with Crippen LogP contribution >= 0.6 is 0 Å². The Labute approximate surface area is 183 Å². The lowest BCUT2D eigenvalue weighted by atomic mass is 10.1. The van der Waals surface area contributed by atoms with E-state index < -0.39 is 23.2 Å². The van der Waals surface area contributed by atoms with E-state index in [9.17, 15) is 18.4 Å². The number of rotatable bonds is 7. The van der Waals surface area contributed by atoms with Gasteiger partial charge in [0.15, 0.2) is 5.82 Å². The van der Waals surface area contributed by atoms with Crippen LogP contribution < -0.4 is 10.6 Å². The Balaban J connectivity index is 2.06. The number of aromatic nitrogens is 2. The van der Waals surface area contributed by atoms with Gasteiger partial charge in [-0.1, -0.05) is 6.07 Å². The third-order valence-corrected chi connectivity index (χ3v) is 4.50. The number of esters is 1. The number of nitrogens with zero attached hydrogens (tertiary/aromatic N) is 2. The number of amides is 1. The zero-order chi connectivity index (χ0) is 23.3. The van der Waals surface area contributed by atoms with Crippen LogP contribution in [0, 0.1) is 18.6 Å². The van der Waals surface area contributed by atoms with Crippen LogP contribution in [0.5, 0.6) is 0 Å². The third-order valence-electron chi connectivity index (χ3n) is 4.50. The minimum Gasteiger partial charge on any atom is -0.462 e. The van der Waals surface area contributed by atoms with Crippen LogP contribution in [-0.4, -0.2) is 35.0 Å². The molecule has 166 valence electrons. The summed E-state index contributed by atoms with van der Waals surface area (Å²) in [5, 5.41) is 5.67. The van der Waals surface area contributed by atoms with E-state index in [0.717, 1.165) is 12.1 Å². The lowest BCUT2D eigenvalue weighted by Gasteiger charge is -2.15. The number of carbonyl (C=O) groups is 2. The predicted octanol–water partition coefficient (Wildman–Crippen LogP) is 4.40. The van der Waals surface area contributed by atoms with Crippen molar-refractivity contribution in [3.05, 3.63) is 70.9 Å². The molecule has 0 aliphatic rings. The molecule has 1 amide bonds. The summed E-state index contributed by atoms with van der Waals surface area (Å²) >= 11 is 0. The van der Waals surface area contributed by atoms with Crippen molar-refractivity contribution in [2.24, 2.45) is 0 Å². The van der Waals surface area contributed by atoms with Crippen molar-refractivity contribution in [1.29, 1.82) is 0 Å². The average Bonchev–Trinajstić information content (AvgIpc) is 2.74. The molecule has 0 spiro atoms. The van der Waals surface area contributed by atoms with E-state index in [1.54, 1.807) is 31.2 Å². The zero-order valence-electron chi connectivity index (χ0n) is 17.8. The van der Waals surface area contributed by atoms with Crippen molar-refractivity contribution < 1.29 is 23.1 Å². The molecule has 0 saturated carbocycles. The number of ether oxygens (including phenoxy) is 1. The van der Waals surface area contributed by atoms with Gasteiger partial charge in [-0.05, 0) is 57.2 Å². The maximum absolute atomic E-state index is 14.3. The van der Waals surface area contributed by atoms with Gasteiger partial charge in [0.05, 0.1) is 17.9 Å². The van der Waals surface area contributed by atoms with Gasteiger partial charge in [0.25, 0.3) is 5.91 Å². The molecule has 0 aliphatic heterocycles. The van der Waals surface area contributed by atoms with Crippen molar-refractivity contribution in [1.82, 2.24) is 15.3 Å². The highest BCUT2D eigenvalue weighted by Gasteiger charge is 2.23. The van der Waals surface area contributed by atoms with Crippen LogP contribution in [0.2, 0.25) is 0 Å². The summed E-state index contributed by atoms with van der Waals surface area (Å²) in [6.07, 6.45) is 0. The summed E-state index contributed by atoms with van der Waals surface area (Å²) in [6.45, 7) is 5.63. The Morgan fingerprint density at radius 1 is 1.00 bits per heavy atom. The number of halogens is 2. The highest BCUT2D eigenvalue weighted by atomic mass is 19.1. The molecule has 1 heterocycles. The molecule has 0 aliphatic carbocycles. The number of aryl methyl sites for hydroxylation is 1. The second kappa shape index (κ2) is 9.95. The lowest BCUT2D eigenvalue weighted by Crippen LogP contribution is -2.22. The van der Waals surface area contributed by atoms with Gasteiger partial charge in [-0.15, -0.1) is 0 Å². The molecule has 3 aromatic rings. The van der Waals surface area contributed by atoms with Gasteiger partial charge in [-0.3, -0.25) is 4.79 Å².